The summed E-state index contributed by atoms with van der Waals surface area (Å²) >= 11 is 18.2. The average molecular weight is 399 g/mol. The number of aliphatic hydroxyl groups is 1. The number of para-hydroxylation sites is 1. The molecule has 25 heavy (non-hydrogen) atoms. The number of rotatable bonds is 5. The van der Waals surface area contributed by atoms with Crippen LogP contribution in [0.4, 0.5) is 0 Å². The van der Waals surface area contributed by atoms with Gasteiger partial charge in [0, 0.05) is 17.1 Å². The second-order valence-electron chi connectivity index (χ2n) is 5.44. The first kappa shape index (κ1) is 18.0. The van der Waals surface area contributed by atoms with Gasteiger partial charge in [0.15, 0.2) is 5.78 Å². The Morgan fingerprint density at radius 2 is 1.84 bits per heavy atom. The lowest BCUT2D eigenvalue weighted by atomic mass is 10.1. The smallest absolute Gasteiger partial charge is 0.203 e. The zero-order chi connectivity index (χ0) is 18.1. The van der Waals surface area contributed by atoms with E-state index in [1.54, 1.807) is 39.5 Å². The second kappa shape index (κ2) is 7.22. The van der Waals surface area contributed by atoms with E-state index in [0.717, 1.165) is 0 Å². The summed E-state index contributed by atoms with van der Waals surface area (Å²) in [5.41, 5.74) is 1.67. The standard InChI is InChI=1S/C17H14Cl3N3O2/c18-10-4-5-11(13(20)8-10)15(25)9-23-14-3-1-2-12(19)16(14)22(6-7-24)17(23)21/h1-5,8,21,24H,6-7,9H2. The van der Waals surface area contributed by atoms with E-state index in [4.69, 9.17) is 40.2 Å². The molecule has 0 aliphatic rings. The fraction of sp³-hybridized carbons (Fsp3) is 0.176. The summed E-state index contributed by atoms with van der Waals surface area (Å²) < 4.78 is 3.12. The van der Waals surface area contributed by atoms with Crippen molar-refractivity contribution in [3.05, 3.63) is 62.6 Å². The third kappa shape index (κ3) is 3.33. The minimum absolute atomic E-state index is 0.0740. The van der Waals surface area contributed by atoms with E-state index in [9.17, 15) is 9.90 Å². The highest BCUT2D eigenvalue weighted by Gasteiger charge is 2.18. The number of nitrogens with one attached hydrogen (secondary N) is 1. The highest BCUT2D eigenvalue weighted by molar-refractivity contribution is 6.37. The summed E-state index contributed by atoms with van der Waals surface area (Å²) in [5, 5.41) is 18.8. The van der Waals surface area contributed by atoms with Gasteiger partial charge < -0.3 is 14.2 Å². The molecule has 2 aromatic carbocycles. The number of imidazole rings is 1. The van der Waals surface area contributed by atoms with Crippen molar-refractivity contribution in [2.75, 3.05) is 6.61 Å². The van der Waals surface area contributed by atoms with Crippen LogP contribution >= 0.6 is 34.8 Å². The Bertz CT molecular complexity index is 1020. The molecule has 0 aliphatic heterocycles. The number of aliphatic hydroxyl groups excluding tert-OH is 1. The van der Waals surface area contributed by atoms with Gasteiger partial charge in [-0.1, -0.05) is 40.9 Å². The van der Waals surface area contributed by atoms with Gasteiger partial charge in [0.05, 0.1) is 34.2 Å². The first-order chi connectivity index (χ1) is 11.9. The minimum atomic E-state index is -0.247. The number of aromatic nitrogens is 2. The Hall–Kier alpha value is -1.79. The number of hydrogen-bond acceptors (Lipinski definition) is 3. The molecule has 2 N–H and O–H groups in total. The first-order valence-corrected chi connectivity index (χ1v) is 8.58. The summed E-state index contributed by atoms with van der Waals surface area (Å²) in [6.45, 7) is -0.00471. The molecule has 8 heteroatoms. The summed E-state index contributed by atoms with van der Waals surface area (Å²) in [4.78, 5) is 12.7. The summed E-state index contributed by atoms with van der Waals surface area (Å²) in [7, 11) is 0. The fourth-order valence-corrected chi connectivity index (χ4v) is 3.56. The van der Waals surface area contributed by atoms with Gasteiger partial charge in [-0.15, -0.1) is 0 Å². The Balaban J connectivity index is 2.10. The molecule has 0 spiro atoms. The van der Waals surface area contributed by atoms with Crippen LogP contribution in [0.2, 0.25) is 15.1 Å². The number of carbonyl (C=O) groups is 1. The maximum Gasteiger partial charge on any atom is 0.203 e. The molecule has 5 nitrogen and oxygen atoms in total. The highest BCUT2D eigenvalue weighted by atomic mass is 35.5. The van der Waals surface area contributed by atoms with Crippen LogP contribution in [-0.2, 0) is 13.1 Å². The van der Waals surface area contributed by atoms with Crippen molar-refractivity contribution >= 4 is 51.6 Å². The van der Waals surface area contributed by atoms with E-state index in [1.807, 2.05) is 0 Å². The van der Waals surface area contributed by atoms with Crippen LogP contribution in [0.15, 0.2) is 36.4 Å². The van der Waals surface area contributed by atoms with E-state index in [1.165, 1.54) is 6.07 Å². The molecule has 0 atom stereocenters. The normalized spacial score (nSPS) is 11.2. The lowest BCUT2D eigenvalue weighted by Gasteiger charge is -2.06. The Labute approximate surface area is 158 Å². The van der Waals surface area contributed by atoms with Crippen LogP contribution in [0.25, 0.3) is 11.0 Å². The van der Waals surface area contributed by atoms with Crippen LogP contribution in [0, 0.1) is 5.41 Å². The van der Waals surface area contributed by atoms with Gasteiger partial charge in [0.1, 0.15) is 0 Å². The van der Waals surface area contributed by atoms with Gasteiger partial charge in [-0.3, -0.25) is 10.2 Å². The molecule has 0 radical (unpaired) electrons. The molecule has 3 rings (SSSR count). The molecule has 1 heterocycles. The number of fused-ring (bicyclic) bond motifs is 1. The van der Waals surface area contributed by atoms with E-state index < -0.39 is 0 Å². The van der Waals surface area contributed by atoms with Gasteiger partial charge in [-0.05, 0) is 30.3 Å². The number of hydrogen-bond donors (Lipinski definition) is 2. The van der Waals surface area contributed by atoms with Crippen molar-refractivity contribution < 1.29 is 9.90 Å². The predicted octanol–water partition coefficient (Wildman–Crippen LogP) is 3.76. The molecule has 130 valence electrons. The molecule has 1 aromatic heterocycles. The summed E-state index contributed by atoms with van der Waals surface area (Å²) in [6, 6.07) is 9.91. The highest BCUT2D eigenvalue weighted by Crippen LogP contribution is 2.25. The van der Waals surface area contributed by atoms with E-state index >= 15 is 0 Å². The Kier molecular flexibility index (Phi) is 5.20. The van der Waals surface area contributed by atoms with Gasteiger partial charge in [0.2, 0.25) is 5.62 Å². The quantitative estimate of drug-likeness (QED) is 0.642. The van der Waals surface area contributed by atoms with Crippen LogP contribution in [0.1, 0.15) is 10.4 Å². The number of halogens is 3. The molecular formula is C17H14Cl3N3O2. The maximum atomic E-state index is 12.7. The molecule has 0 amide bonds. The molecule has 3 aromatic rings. The molecule has 0 fully saturated rings. The third-order valence-electron chi connectivity index (χ3n) is 3.89. The number of carbonyl (C=O) groups excluding carboxylic acids is 1. The molecular weight excluding hydrogens is 385 g/mol. The van der Waals surface area contributed by atoms with Crippen molar-refractivity contribution in [2.45, 2.75) is 13.1 Å². The molecule has 0 bridgehead atoms. The molecule has 0 saturated carbocycles. The van der Waals surface area contributed by atoms with Gasteiger partial charge in [-0.25, -0.2) is 0 Å². The van der Waals surface area contributed by atoms with Crippen LogP contribution in [0.5, 0.6) is 0 Å². The van der Waals surface area contributed by atoms with Crippen molar-refractivity contribution in [3.8, 4) is 0 Å². The van der Waals surface area contributed by atoms with E-state index in [0.29, 0.717) is 26.6 Å². The SMILES string of the molecule is N=c1n(CC(=O)c2ccc(Cl)cc2Cl)c2cccc(Cl)c2n1CCO. The first-order valence-electron chi connectivity index (χ1n) is 7.45. The zero-order valence-corrected chi connectivity index (χ0v) is 15.2. The van der Waals surface area contributed by atoms with E-state index in [-0.39, 0.29) is 36.1 Å². The van der Waals surface area contributed by atoms with E-state index in [2.05, 4.69) is 0 Å². The molecule has 0 unspecified atom stereocenters. The zero-order valence-electron chi connectivity index (χ0n) is 13.0. The van der Waals surface area contributed by atoms with Gasteiger partial charge in [0.25, 0.3) is 0 Å². The maximum absolute atomic E-state index is 12.7. The number of Topliss-reactive ketones (excluding diaryl/α,β-unsaturated/α-hetero) is 1. The number of ketones is 1. The van der Waals surface area contributed by atoms with Crippen LogP contribution in [-0.4, -0.2) is 26.6 Å². The lowest BCUT2D eigenvalue weighted by Crippen LogP contribution is -2.28. The minimum Gasteiger partial charge on any atom is -0.395 e. The van der Waals surface area contributed by atoms with Crippen LogP contribution < -0.4 is 5.62 Å². The summed E-state index contributed by atoms with van der Waals surface area (Å²) in [5.74, 6) is -0.247. The van der Waals surface area contributed by atoms with Gasteiger partial charge in [-0.2, -0.15) is 0 Å². The lowest BCUT2D eigenvalue weighted by molar-refractivity contribution is 0.0971. The van der Waals surface area contributed by atoms with Crippen molar-refractivity contribution in [1.29, 1.82) is 5.41 Å². The monoisotopic (exact) mass is 397 g/mol. The van der Waals surface area contributed by atoms with Gasteiger partial charge >= 0.3 is 0 Å². The van der Waals surface area contributed by atoms with Crippen molar-refractivity contribution in [1.82, 2.24) is 9.13 Å². The van der Waals surface area contributed by atoms with Crippen molar-refractivity contribution in [2.24, 2.45) is 0 Å². The van der Waals surface area contributed by atoms with Crippen molar-refractivity contribution in [3.63, 3.8) is 0 Å². The average Bonchev–Trinajstić information content (AvgIpc) is 2.82. The van der Waals surface area contributed by atoms with Crippen LogP contribution in [0.3, 0.4) is 0 Å². The summed E-state index contributed by atoms with van der Waals surface area (Å²) in [6.07, 6.45) is 0. The third-order valence-corrected chi connectivity index (χ3v) is 4.75. The fourth-order valence-electron chi connectivity index (χ4n) is 2.78. The Morgan fingerprint density at radius 3 is 2.52 bits per heavy atom. The second-order valence-corrected chi connectivity index (χ2v) is 6.69. The number of nitrogens with zero attached hydrogens (tertiary/aromatic N) is 2. The number of benzene rings is 2. The topological polar surface area (TPSA) is 71.0 Å². The predicted molar refractivity (Wildman–Crippen MR) is 98.7 cm³/mol. The molecule has 0 saturated heterocycles. The largest absolute Gasteiger partial charge is 0.395 e. The Morgan fingerprint density at radius 1 is 1.08 bits per heavy atom. The molecule has 0 aliphatic carbocycles.